The van der Waals surface area contributed by atoms with Gasteiger partial charge in [-0.25, -0.2) is 0 Å². The number of amides is 2. The molecule has 2 amide bonds. The molecule has 0 aliphatic heterocycles. The quantitative estimate of drug-likeness (QED) is 0.749. The second-order valence-corrected chi connectivity index (χ2v) is 6.44. The van der Waals surface area contributed by atoms with Crippen molar-refractivity contribution in [2.75, 3.05) is 11.9 Å². The monoisotopic (exact) mass is 372 g/mol. The van der Waals surface area contributed by atoms with Gasteiger partial charge >= 0.3 is 0 Å². The lowest BCUT2D eigenvalue weighted by Gasteiger charge is -2.21. The van der Waals surface area contributed by atoms with Crippen LogP contribution in [0.2, 0.25) is 5.02 Å². The number of Topliss-reactive ketones (excluding diaryl/α,β-unsaturated/α-hetero) is 1. The largest absolute Gasteiger partial charge is 0.338 e. The molecule has 0 radical (unpaired) electrons. The average molecular weight is 373 g/mol. The van der Waals surface area contributed by atoms with Gasteiger partial charge in [-0.1, -0.05) is 35.9 Å². The van der Waals surface area contributed by atoms with Gasteiger partial charge in [0.2, 0.25) is 11.8 Å². The van der Waals surface area contributed by atoms with Crippen LogP contribution in [-0.2, 0) is 16.1 Å². The third-order valence-electron chi connectivity index (χ3n) is 3.89. The van der Waals surface area contributed by atoms with Crippen molar-refractivity contribution in [1.29, 1.82) is 0 Å². The van der Waals surface area contributed by atoms with Crippen molar-refractivity contribution in [2.24, 2.45) is 0 Å². The Morgan fingerprint density at radius 1 is 1.04 bits per heavy atom. The van der Waals surface area contributed by atoms with E-state index in [1.54, 1.807) is 41.3 Å². The molecule has 2 aromatic carbocycles. The lowest BCUT2D eigenvalue weighted by molar-refractivity contribution is -0.129. The van der Waals surface area contributed by atoms with Gasteiger partial charge in [-0.15, -0.1) is 0 Å². The van der Waals surface area contributed by atoms with Gasteiger partial charge < -0.3 is 10.2 Å². The zero-order valence-electron chi connectivity index (χ0n) is 14.8. The third kappa shape index (κ3) is 6.01. The molecule has 26 heavy (non-hydrogen) atoms. The molecular weight excluding hydrogens is 352 g/mol. The van der Waals surface area contributed by atoms with Gasteiger partial charge in [-0.2, -0.15) is 0 Å². The predicted molar refractivity (Wildman–Crippen MR) is 102 cm³/mol. The molecular formula is C20H21ClN2O3. The van der Waals surface area contributed by atoms with Crippen molar-refractivity contribution in [3.8, 4) is 0 Å². The minimum atomic E-state index is -0.215. The van der Waals surface area contributed by atoms with E-state index < -0.39 is 0 Å². The summed E-state index contributed by atoms with van der Waals surface area (Å²) in [5.41, 5.74) is 2.05. The summed E-state index contributed by atoms with van der Waals surface area (Å²) in [4.78, 5) is 37.0. The minimum Gasteiger partial charge on any atom is -0.338 e. The highest BCUT2D eigenvalue weighted by molar-refractivity contribution is 6.30. The Labute approximate surface area is 158 Å². The molecule has 1 N–H and O–H groups in total. The molecule has 0 atom stereocenters. The van der Waals surface area contributed by atoms with Crippen LogP contribution in [0.15, 0.2) is 48.5 Å². The molecule has 2 aromatic rings. The van der Waals surface area contributed by atoms with Crippen LogP contribution in [0, 0.1) is 0 Å². The molecule has 0 saturated carbocycles. The van der Waals surface area contributed by atoms with Gasteiger partial charge in [0.1, 0.15) is 0 Å². The Hall–Kier alpha value is -2.66. The summed E-state index contributed by atoms with van der Waals surface area (Å²) in [6, 6.07) is 14.0. The Balaban J connectivity index is 1.92. The first-order valence-corrected chi connectivity index (χ1v) is 8.64. The molecule has 0 aliphatic rings. The van der Waals surface area contributed by atoms with Crippen LogP contribution in [0.4, 0.5) is 5.69 Å². The summed E-state index contributed by atoms with van der Waals surface area (Å²) < 4.78 is 0. The number of anilines is 1. The van der Waals surface area contributed by atoms with E-state index >= 15 is 0 Å². The van der Waals surface area contributed by atoms with E-state index in [2.05, 4.69) is 5.32 Å². The zero-order chi connectivity index (χ0) is 19.1. The van der Waals surface area contributed by atoms with Gasteiger partial charge in [-0.3, -0.25) is 14.4 Å². The summed E-state index contributed by atoms with van der Waals surface area (Å²) in [7, 11) is 0. The van der Waals surface area contributed by atoms with E-state index in [4.69, 9.17) is 11.6 Å². The highest BCUT2D eigenvalue weighted by atomic mass is 35.5. The van der Waals surface area contributed by atoms with Crippen molar-refractivity contribution >= 4 is 34.9 Å². The Bertz CT molecular complexity index is 803. The summed E-state index contributed by atoms with van der Waals surface area (Å²) in [6.07, 6.45) is 0.164. The molecule has 136 valence electrons. The fourth-order valence-electron chi connectivity index (χ4n) is 2.43. The molecule has 0 spiro atoms. The highest BCUT2D eigenvalue weighted by Crippen LogP contribution is 2.13. The topological polar surface area (TPSA) is 66.5 Å². The second-order valence-electron chi connectivity index (χ2n) is 6.00. The molecule has 0 heterocycles. The van der Waals surface area contributed by atoms with Crippen molar-refractivity contribution in [3.63, 3.8) is 0 Å². The van der Waals surface area contributed by atoms with Crippen LogP contribution >= 0.6 is 11.6 Å². The van der Waals surface area contributed by atoms with E-state index in [0.717, 1.165) is 5.56 Å². The molecule has 5 nitrogen and oxygen atoms in total. The number of halogens is 1. The van der Waals surface area contributed by atoms with E-state index in [1.807, 2.05) is 12.1 Å². The van der Waals surface area contributed by atoms with Gasteiger partial charge in [0.25, 0.3) is 0 Å². The molecule has 0 aromatic heterocycles. The minimum absolute atomic E-state index is 0.0631. The smallest absolute Gasteiger partial charge is 0.226 e. The van der Waals surface area contributed by atoms with Crippen LogP contribution in [0.1, 0.15) is 36.2 Å². The summed E-state index contributed by atoms with van der Waals surface area (Å²) in [6.45, 7) is 3.67. The Morgan fingerprint density at radius 2 is 1.73 bits per heavy atom. The predicted octanol–water partition coefficient (Wildman–Crippen LogP) is 3.92. The van der Waals surface area contributed by atoms with E-state index in [0.29, 0.717) is 29.4 Å². The highest BCUT2D eigenvalue weighted by Gasteiger charge is 2.12. The first-order valence-electron chi connectivity index (χ1n) is 8.26. The summed E-state index contributed by atoms with van der Waals surface area (Å²) in [5, 5.41) is 3.39. The number of carbonyl (C=O) groups is 3. The van der Waals surface area contributed by atoms with E-state index in [9.17, 15) is 14.4 Å². The number of benzene rings is 2. The lowest BCUT2D eigenvalue weighted by Crippen LogP contribution is -2.31. The normalized spacial score (nSPS) is 10.3. The Morgan fingerprint density at radius 3 is 2.35 bits per heavy atom. The number of nitrogens with zero attached hydrogens (tertiary/aromatic N) is 1. The van der Waals surface area contributed by atoms with Crippen molar-refractivity contribution in [2.45, 2.75) is 26.8 Å². The fourth-order valence-corrected chi connectivity index (χ4v) is 2.56. The molecule has 0 saturated heterocycles. The molecule has 0 bridgehead atoms. The molecule has 2 rings (SSSR count). The molecule has 0 aliphatic carbocycles. The summed E-state index contributed by atoms with van der Waals surface area (Å²) in [5.74, 6) is -0.383. The maximum absolute atomic E-state index is 12.2. The number of ketones is 1. The van der Waals surface area contributed by atoms with Crippen molar-refractivity contribution in [1.82, 2.24) is 4.90 Å². The van der Waals surface area contributed by atoms with Gasteiger partial charge in [0, 0.05) is 42.7 Å². The van der Waals surface area contributed by atoms with Crippen LogP contribution < -0.4 is 5.32 Å². The lowest BCUT2D eigenvalue weighted by atomic mass is 10.1. The van der Waals surface area contributed by atoms with Crippen LogP contribution in [0.3, 0.4) is 0 Å². The number of hydrogen-bond donors (Lipinski definition) is 1. The van der Waals surface area contributed by atoms with Crippen molar-refractivity contribution < 1.29 is 14.4 Å². The zero-order valence-corrected chi connectivity index (χ0v) is 15.5. The SMILES string of the molecule is CC(=O)c1cccc(NC(=O)CCN(Cc2ccc(Cl)cc2)C(C)=O)c1. The number of nitrogens with one attached hydrogen (secondary N) is 1. The number of rotatable bonds is 7. The maximum Gasteiger partial charge on any atom is 0.226 e. The third-order valence-corrected chi connectivity index (χ3v) is 4.15. The first kappa shape index (κ1) is 19.7. The van der Waals surface area contributed by atoms with Gasteiger partial charge in [0.15, 0.2) is 5.78 Å². The van der Waals surface area contributed by atoms with Crippen LogP contribution in [-0.4, -0.2) is 29.0 Å². The van der Waals surface area contributed by atoms with Crippen LogP contribution in [0.25, 0.3) is 0 Å². The molecule has 6 heteroatoms. The van der Waals surface area contributed by atoms with Crippen LogP contribution in [0.5, 0.6) is 0 Å². The number of carbonyl (C=O) groups excluding carboxylic acids is 3. The van der Waals surface area contributed by atoms with E-state index in [-0.39, 0.29) is 24.0 Å². The van der Waals surface area contributed by atoms with Gasteiger partial charge in [0.05, 0.1) is 0 Å². The Kier molecular flexibility index (Phi) is 6.92. The maximum atomic E-state index is 12.2. The van der Waals surface area contributed by atoms with Crippen molar-refractivity contribution in [3.05, 3.63) is 64.7 Å². The van der Waals surface area contributed by atoms with E-state index in [1.165, 1.54) is 13.8 Å². The standard InChI is InChI=1S/C20H21ClN2O3/c1-14(24)17-4-3-5-19(12-17)22-20(26)10-11-23(15(2)25)13-16-6-8-18(21)9-7-16/h3-9,12H,10-11,13H2,1-2H3,(H,22,26). The molecule has 0 unspecified atom stereocenters. The molecule has 0 fully saturated rings. The fraction of sp³-hybridized carbons (Fsp3) is 0.250. The second kappa shape index (κ2) is 9.15. The summed E-state index contributed by atoms with van der Waals surface area (Å²) >= 11 is 5.87. The van der Waals surface area contributed by atoms with Gasteiger partial charge in [-0.05, 0) is 36.8 Å². The number of hydrogen-bond acceptors (Lipinski definition) is 3. The first-order chi connectivity index (χ1) is 12.3. The average Bonchev–Trinajstić information content (AvgIpc) is 2.60.